The molecule has 1 aromatic rings. The lowest BCUT2D eigenvalue weighted by molar-refractivity contribution is 0.167. The molecule has 0 aliphatic rings. The molecular formula is C14H23NO. The van der Waals surface area contributed by atoms with Gasteiger partial charge in [-0.25, -0.2) is 0 Å². The van der Waals surface area contributed by atoms with Crippen LogP contribution in [0, 0.1) is 5.92 Å². The van der Waals surface area contributed by atoms with E-state index in [4.69, 9.17) is 0 Å². The van der Waals surface area contributed by atoms with Crippen molar-refractivity contribution >= 4 is 0 Å². The molecule has 2 nitrogen and oxygen atoms in total. The van der Waals surface area contributed by atoms with Crippen LogP contribution in [-0.2, 0) is 6.42 Å². The molecule has 2 N–H and O–H groups in total. The second kappa shape index (κ2) is 6.66. The molecule has 16 heavy (non-hydrogen) atoms. The molecule has 0 amide bonds. The Morgan fingerprint density at radius 3 is 2.31 bits per heavy atom. The number of rotatable bonds is 6. The van der Waals surface area contributed by atoms with Gasteiger partial charge < -0.3 is 10.4 Å². The third-order valence-electron chi connectivity index (χ3n) is 2.68. The number of aliphatic hydroxyl groups excluding tert-OH is 1. The van der Waals surface area contributed by atoms with Crippen molar-refractivity contribution in [1.29, 1.82) is 0 Å². The molecule has 1 atom stereocenters. The molecule has 0 radical (unpaired) electrons. The van der Waals surface area contributed by atoms with Crippen molar-refractivity contribution < 1.29 is 5.11 Å². The van der Waals surface area contributed by atoms with Gasteiger partial charge >= 0.3 is 0 Å². The molecule has 0 saturated carbocycles. The first-order valence-corrected chi connectivity index (χ1v) is 6.05. The first-order chi connectivity index (χ1) is 7.63. The van der Waals surface area contributed by atoms with Crippen LogP contribution in [-0.4, -0.2) is 18.7 Å². The van der Waals surface area contributed by atoms with E-state index in [1.54, 1.807) is 0 Å². The number of hydrogen-bond acceptors (Lipinski definition) is 2. The van der Waals surface area contributed by atoms with Gasteiger partial charge in [-0.05, 0) is 43.5 Å². The normalized spacial score (nSPS) is 13.1. The molecule has 0 aromatic heterocycles. The maximum Gasteiger partial charge on any atom is 0.0802 e. The Labute approximate surface area is 98.7 Å². The molecule has 0 saturated heterocycles. The van der Waals surface area contributed by atoms with Crippen molar-refractivity contribution in [1.82, 2.24) is 5.32 Å². The van der Waals surface area contributed by atoms with Crippen LogP contribution in [0.2, 0.25) is 0 Å². The van der Waals surface area contributed by atoms with Crippen LogP contribution in [0.15, 0.2) is 24.3 Å². The summed E-state index contributed by atoms with van der Waals surface area (Å²) in [6, 6.07) is 8.33. The van der Waals surface area contributed by atoms with E-state index in [1.165, 1.54) is 5.56 Å². The van der Waals surface area contributed by atoms with Crippen molar-refractivity contribution in [3.63, 3.8) is 0 Å². The Bertz CT molecular complexity index is 292. The standard InChI is InChI=1S/C14H23NO/c1-11(2)10-12-4-6-13(7-5-12)14(16)8-9-15-3/h4-7,11,14-16H,8-10H2,1-3H3. The quantitative estimate of drug-likeness (QED) is 0.773. The van der Waals surface area contributed by atoms with Crippen molar-refractivity contribution in [3.8, 4) is 0 Å². The van der Waals surface area contributed by atoms with Crippen LogP contribution in [0.5, 0.6) is 0 Å². The van der Waals surface area contributed by atoms with E-state index in [9.17, 15) is 5.11 Å². The van der Waals surface area contributed by atoms with Crippen LogP contribution < -0.4 is 5.32 Å². The first kappa shape index (κ1) is 13.2. The Hall–Kier alpha value is -0.860. The van der Waals surface area contributed by atoms with Gasteiger partial charge in [0.1, 0.15) is 0 Å². The van der Waals surface area contributed by atoms with E-state index in [0.29, 0.717) is 5.92 Å². The fourth-order valence-electron chi connectivity index (χ4n) is 1.79. The van der Waals surface area contributed by atoms with E-state index in [-0.39, 0.29) is 6.10 Å². The first-order valence-electron chi connectivity index (χ1n) is 6.05. The van der Waals surface area contributed by atoms with E-state index in [2.05, 4.69) is 31.3 Å². The zero-order valence-corrected chi connectivity index (χ0v) is 10.5. The summed E-state index contributed by atoms with van der Waals surface area (Å²) in [4.78, 5) is 0. The summed E-state index contributed by atoms with van der Waals surface area (Å²) < 4.78 is 0. The maximum atomic E-state index is 9.88. The van der Waals surface area contributed by atoms with Gasteiger partial charge in [0.05, 0.1) is 6.10 Å². The van der Waals surface area contributed by atoms with Gasteiger partial charge in [0.2, 0.25) is 0 Å². The lowest BCUT2D eigenvalue weighted by Gasteiger charge is -2.12. The molecule has 0 spiro atoms. The van der Waals surface area contributed by atoms with E-state index in [0.717, 1.165) is 24.9 Å². The molecule has 90 valence electrons. The molecule has 0 aliphatic carbocycles. The third kappa shape index (κ3) is 4.33. The van der Waals surface area contributed by atoms with Crippen LogP contribution in [0.1, 0.15) is 37.5 Å². The highest BCUT2D eigenvalue weighted by Crippen LogP contribution is 2.17. The minimum absolute atomic E-state index is 0.347. The summed E-state index contributed by atoms with van der Waals surface area (Å²) in [5.41, 5.74) is 2.36. The second-order valence-electron chi connectivity index (χ2n) is 4.75. The van der Waals surface area contributed by atoms with Crippen LogP contribution in [0.3, 0.4) is 0 Å². The average Bonchev–Trinajstić information content (AvgIpc) is 2.26. The van der Waals surface area contributed by atoms with Crippen molar-refractivity contribution in [3.05, 3.63) is 35.4 Å². The van der Waals surface area contributed by atoms with Crippen molar-refractivity contribution in [2.75, 3.05) is 13.6 Å². The summed E-state index contributed by atoms with van der Waals surface area (Å²) in [5, 5.41) is 12.9. The predicted octanol–water partition coefficient (Wildman–Crippen LogP) is 2.53. The summed E-state index contributed by atoms with van der Waals surface area (Å²) in [5.74, 6) is 0.681. The lowest BCUT2D eigenvalue weighted by atomic mass is 9.99. The van der Waals surface area contributed by atoms with E-state index in [1.807, 2.05) is 19.2 Å². The molecular weight excluding hydrogens is 198 g/mol. The predicted molar refractivity (Wildman–Crippen MR) is 68.5 cm³/mol. The van der Waals surface area contributed by atoms with Gasteiger partial charge in [0.15, 0.2) is 0 Å². The fraction of sp³-hybridized carbons (Fsp3) is 0.571. The SMILES string of the molecule is CNCCC(O)c1ccc(CC(C)C)cc1. The molecule has 2 heteroatoms. The highest BCUT2D eigenvalue weighted by molar-refractivity contribution is 5.24. The Morgan fingerprint density at radius 1 is 1.19 bits per heavy atom. The number of nitrogens with one attached hydrogen (secondary N) is 1. The number of benzene rings is 1. The number of hydrogen-bond donors (Lipinski definition) is 2. The largest absolute Gasteiger partial charge is 0.388 e. The van der Waals surface area contributed by atoms with Gasteiger partial charge in [0.25, 0.3) is 0 Å². The average molecular weight is 221 g/mol. The molecule has 1 rings (SSSR count). The van der Waals surface area contributed by atoms with E-state index < -0.39 is 0 Å². The molecule has 1 unspecified atom stereocenters. The zero-order valence-electron chi connectivity index (χ0n) is 10.5. The van der Waals surface area contributed by atoms with Gasteiger partial charge in [-0.1, -0.05) is 38.1 Å². The van der Waals surface area contributed by atoms with Crippen molar-refractivity contribution in [2.24, 2.45) is 5.92 Å². The summed E-state index contributed by atoms with van der Waals surface area (Å²) in [6.45, 7) is 5.28. The molecule has 0 heterocycles. The van der Waals surface area contributed by atoms with E-state index >= 15 is 0 Å². The van der Waals surface area contributed by atoms with Crippen molar-refractivity contribution in [2.45, 2.75) is 32.8 Å². The van der Waals surface area contributed by atoms with Crippen LogP contribution in [0.25, 0.3) is 0 Å². The second-order valence-corrected chi connectivity index (χ2v) is 4.75. The highest BCUT2D eigenvalue weighted by atomic mass is 16.3. The molecule has 0 fully saturated rings. The Morgan fingerprint density at radius 2 is 1.81 bits per heavy atom. The smallest absolute Gasteiger partial charge is 0.0802 e. The number of aliphatic hydroxyl groups is 1. The summed E-state index contributed by atoms with van der Waals surface area (Å²) in [6.07, 6.45) is 1.52. The third-order valence-corrected chi connectivity index (χ3v) is 2.68. The fourth-order valence-corrected chi connectivity index (χ4v) is 1.79. The Balaban J connectivity index is 2.56. The van der Waals surface area contributed by atoms with Gasteiger partial charge in [-0.3, -0.25) is 0 Å². The van der Waals surface area contributed by atoms with Crippen LogP contribution >= 0.6 is 0 Å². The minimum atomic E-state index is -0.347. The lowest BCUT2D eigenvalue weighted by Crippen LogP contribution is -2.11. The maximum absolute atomic E-state index is 9.88. The van der Waals surface area contributed by atoms with Gasteiger partial charge in [0, 0.05) is 0 Å². The van der Waals surface area contributed by atoms with Gasteiger partial charge in [-0.2, -0.15) is 0 Å². The molecule has 0 bridgehead atoms. The zero-order chi connectivity index (χ0) is 12.0. The molecule has 0 aliphatic heterocycles. The topological polar surface area (TPSA) is 32.3 Å². The van der Waals surface area contributed by atoms with Crippen LogP contribution in [0.4, 0.5) is 0 Å². The van der Waals surface area contributed by atoms with Gasteiger partial charge in [-0.15, -0.1) is 0 Å². The molecule has 1 aromatic carbocycles. The highest BCUT2D eigenvalue weighted by Gasteiger charge is 2.06. The Kier molecular flexibility index (Phi) is 5.50. The minimum Gasteiger partial charge on any atom is -0.388 e. The monoisotopic (exact) mass is 221 g/mol. The summed E-state index contributed by atoms with van der Waals surface area (Å²) in [7, 11) is 1.90. The summed E-state index contributed by atoms with van der Waals surface area (Å²) >= 11 is 0.